The molecule has 0 bridgehead atoms. The van der Waals surface area contributed by atoms with E-state index < -0.39 is 35.9 Å². The number of hydrogen-bond donors (Lipinski definition) is 1. The van der Waals surface area contributed by atoms with E-state index >= 15 is 0 Å². The van der Waals surface area contributed by atoms with Gasteiger partial charge in [0.1, 0.15) is 17.8 Å². The van der Waals surface area contributed by atoms with Crippen molar-refractivity contribution in [2.45, 2.75) is 70.8 Å². The predicted octanol–water partition coefficient (Wildman–Crippen LogP) is 5.36. The number of rotatable bonds is 5. The minimum atomic E-state index is -1.27. The molecule has 2 amide bonds. The number of hydrogen-bond acceptors (Lipinski definition) is 3. The lowest BCUT2D eigenvalue weighted by atomic mass is 9.95. The zero-order valence-corrected chi connectivity index (χ0v) is 19.5. The van der Waals surface area contributed by atoms with E-state index in [9.17, 15) is 14.0 Å². The van der Waals surface area contributed by atoms with Crippen molar-refractivity contribution in [3.8, 4) is 0 Å². The first-order chi connectivity index (χ1) is 15.0. The summed E-state index contributed by atoms with van der Waals surface area (Å²) in [6.45, 7) is 9.35. The molecule has 172 valence electrons. The van der Waals surface area contributed by atoms with Gasteiger partial charge in [-0.15, -0.1) is 0 Å². The number of alkyl halides is 1. The number of benzene rings is 2. The molecule has 2 aromatic rings. The fourth-order valence-electron chi connectivity index (χ4n) is 3.87. The Labute approximate surface area is 190 Å². The smallest absolute Gasteiger partial charge is 0.411 e. The maximum Gasteiger partial charge on any atom is 0.411 e. The largest absolute Gasteiger partial charge is 0.444 e. The molecule has 0 aromatic heterocycles. The number of carbonyl (C=O) groups is 2. The topological polar surface area (TPSA) is 58.6 Å². The fraction of sp³-hybridized carbons (Fsp3) is 0.462. The molecule has 0 radical (unpaired) electrons. The Balaban J connectivity index is 1.85. The number of ether oxygens (including phenoxy) is 1. The lowest BCUT2D eigenvalue weighted by Gasteiger charge is -2.29. The number of amides is 2. The minimum absolute atomic E-state index is 0.0428. The first-order valence-electron chi connectivity index (χ1n) is 11.1. The van der Waals surface area contributed by atoms with Crippen molar-refractivity contribution in [3.05, 3.63) is 71.3 Å². The first-order valence-corrected chi connectivity index (χ1v) is 11.1. The third-order valence-corrected chi connectivity index (χ3v) is 5.54. The van der Waals surface area contributed by atoms with Crippen LogP contribution in [0.15, 0.2) is 54.6 Å². The van der Waals surface area contributed by atoms with Gasteiger partial charge in [0.2, 0.25) is 5.91 Å². The van der Waals surface area contributed by atoms with E-state index in [2.05, 4.69) is 31.3 Å². The van der Waals surface area contributed by atoms with E-state index in [1.54, 1.807) is 20.8 Å². The summed E-state index contributed by atoms with van der Waals surface area (Å²) >= 11 is 0. The zero-order chi connectivity index (χ0) is 23.5. The van der Waals surface area contributed by atoms with Gasteiger partial charge in [0.25, 0.3) is 0 Å². The highest BCUT2D eigenvalue weighted by molar-refractivity contribution is 5.87. The minimum Gasteiger partial charge on any atom is -0.444 e. The second-order valence-corrected chi connectivity index (χ2v) is 9.66. The molecule has 1 fully saturated rings. The molecule has 0 saturated carbocycles. The van der Waals surface area contributed by atoms with Gasteiger partial charge in [0.15, 0.2) is 0 Å². The van der Waals surface area contributed by atoms with Gasteiger partial charge in [-0.3, -0.25) is 9.69 Å². The van der Waals surface area contributed by atoms with Crippen molar-refractivity contribution in [2.24, 2.45) is 0 Å². The van der Waals surface area contributed by atoms with Crippen LogP contribution in [0, 0.1) is 0 Å². The Morgan fingerprint density at radius 1 is 1.00 bits per heavy atom. The Hall–Kier alpha value is -2.89. The van der Waals surface area contributed by atoms with Gasteiger partial charge in [0.05, 0.1) is 12.6 Å². The second-order valence-electron chi connectivity index (χ2n) is 9.66. The number of nitrogens with zero attached hydrogens (tertiary/aromatic N) is 1. The maximum atomic E-state index is 14.3. The summed E-state index contributed by atoms with van der Waals surface area (Å²) in [5, 5.41) is 3.05. The van der Waals surface area contributed by atoms with E-state index in [1.807, 2.05) is 42.5 Å². The maximum absolute atomic E-state index is 14.3. The molecule has 3 atom stereocenters. The normalized spacial score (nSPS) is 19.7. The summed E-state index contributed by atoms with van der Waals surface area (Å²) in [6.07, 6.45) is -1.98. The predicted molar refractivity (Wildman–Crippen MR) is 123 cm³/mol. The van der Waals surface area contributed by atoms with Crippen molar-refractivity contribution < 1.29 is 18.7 Å². The van der Waals surface area contributed by atoms with Crippen molar-refractivity contribution in [3.63, 3.8) is 0 Å². The van der Waals surface area contributed by atoms with Crippen LogP contribution in [0.25, 0.3) is 0 Å². The lowest BCUT2D eigenvalue weighted by molar-refractivity contribution is -0.126. The molecule has 1 heterocycles. The second kappa shape index (κ2) is 9.72. The first kappa shape index (κ1) is 23.8. The van der Waals surface area contributed by atoms with Crippen molar-refractivity contribution in [1.82, 2.24) is 10.2 Å². The number of likely N-dealkylation sites (tertiary alicyclic amines) is 1. The van der Waals surface area contributed by atoms with Crippen LogP contribution < -0.4 is 5.32 Å². The van der Waals surface area contributed by atoms with Crippen LogP contribution in [0.1, 0.15) is 69.7 Å². The van der Waals surface area contributed by atoms with Crippen LogP contribution in [0.5, 0.6) is 0 Å². The molecule has 0 spiro atoms. The monoisotopic (exact) mass is 440 g/mol. The van der Waals surface area contributed by atoms with E-state index in [4.69, 9.17) is 4.74 Å². The van der Waals surface area contributed by atoms with Crippen molar-refractivity contribution in [2.75, 3.05) is 6.54 Å². The molecule has 1 saturated heterocycles. The van der Waals surface area contributed by atoms with Crippen molar-refractivity contribution in [1.29, 1.82) is 0 Å². The number of carbonyl (C=O) groups excluding carboxylic acids is 2. The van der Waals surface area contributed by atoms with E-state index in [0.29, 0.717) is 5.92 Å². The van der Waals surface area contributed by atoms with Gasteiger partial charge in [-0.25, -0.2) is 9.18 Å². The third kappa shape index (κ3) is 5.87. The average Bonchev–Trinajstić information content (AvgIpc) is 3.13. The summed E-state index contributed by atoms with van der Waals surface area (Å²) in [5.74, 6) is 0.00831. The quantitative estimate of drug-likeness (QED) is 0.681. The highest BCUT2D eigenvalue weighted by atomic mass is 19.1. The molecule has 2 aromatic carbocycles. The fourth-order valence-corrected chi connectivity index (χ4v) is 3.87. The molecule has 1 N–H and O–H groups in total. The van der Waals surface area contributed by atoms with E-state index in [1.165, 1.54) is 10.5 Å². The molecule has 1 aliphatic rings. The van der Waals surface area contributed by atoms with Gasteiger partial charge in [-0.2, -0.15) is 0 Å². The van der Waals surface area contributed by atoms with Gasteiger partial charge < -0.3 is 10.1 Å². The number of halogens is 1. The van der Waals surface area contributed by atoms with Crippen LogP contribution >= 0.6 is 0 Å². The molecule has 5 nitrogen and oxygen atoms in total. The Kier molecular flexibility index (Phi) is 7.22. The van der Waals surface area contributed by atoms with Crippen LogP contribution in [0.4, 0.5) is 9.18 Å². The van der Waals surface area contributed by atoms with Crippen LogP contribution in [0.3, 0.4) is 0 Å². The summed E-state index contributed by atoms with van der Waals surface area (Å²) in [4.78, 5) is 27.1. The summed E-state index contributed by atoms with van der Waals surface area (Å²) in [7, 11) is 0. The average molecular weight is 441 g/mol. The molecular formula is C26H33FN2O3. The Bertz CT molecular complexity index is 922. The molecular weight excluding hydrogens is 407 g/mol. The summed E-state index contributed by atoms with van der Waals surface area (Å²) < 4.78 is 19.7. The molecule has 3 rings (SSSR count). The third-order valence-electron chi connectivity index (χ3n) is 5.54. The zero-order valence-electron chi connectivity index (χ0n) is 19.5. The van der Waals surface area contributed by atoms with Crippen LogP contribution in [-0.2, 0) is 9.53 Å². The van der Waals surface area contributed by atoms with Gasteiger partial charge in [0, 0.05) is 6.42 Å². The summed E-state index contributed by atoms with van der Waals surface area (Å²) in [5.41, 5.74) is 2.32. The van der Waals surface area contributed by atoms with Gasteiger partial charge >= 0.3 is 6.09 Å². The molecule has 0 aliphatic carbocycles. The number of nitrogens with one attached hydrogen (secondary N) is 1. The SMILES string of the molecule is CC(C)c1ccc(C(NC(=O)C2CC(F)CN2C(=O)OC(C)(C)C)c2ccccc2)cc1. The highest BCUT2D eigenvalue weighted by Crippen LogP contribution is 2.27. The summed E-state index contributed by atoms with van der Waals surface area (Å²) in [6, 6.07) is 16.4. The van der Waals surface area contributed by atoms with E-state index in [0.717, 1.165) is 11.1 Å². The molecule has 6 heteroatoms. The Morgan fingerprint density at radius 2 is 1.56 bits per heavy atom. The van der Waals surface area contributed by atoms with Crippen LogP contribution in [-0.4, -0.2) is 41.3 Å². The standard InChI is InChI=1S/C26H33FN2O3/c1-17(2)18-11-13-20(14-12-18)23(19-9-7-6-8-10-19)28-24(30)22-15-21(27)16-29(22)25(31)32-26(3,4)5/h6-14,17,21-23H,15-16H2,1-5H3,(H,28,30). The molecule has 32 heavy (non-hydrogen) atoms. The Morgan fingerprint density at radius 3 is 2.12 bits per heavy atom. The van der Waals surface area contributed by atoms with Gasteiger partial charge in [-0.1, -0.05) is 68.4 Å². The van der Waals surface area contributed by atoms with Crippen molar-refractivity contribution >= 4 is 12.0 Å². The van der Waals surface area contributed by atoms with Crippen LogP contribution in [0.2, 0.25) is 0 Å². The molecule has 3 unspecified atom stereocenters. The van der Waals surface area contributed by atoms with Gasteiger partial charge in [-0.05, 0) is 43.4 Å². The van der Waals surface area contributed by atoms with E-state index in [-0.39, 0.29) is 13.0 Å². The molecule has 1 aliphatic heterocycles. The highest BCUT2D eigenvalue weighted by Gasteiger charge is 2.42. The lowest BCUT2D eigenvalue weighted by Crippen LogP contribution is -2.48.